The van der Waals surface area contributed by atoms with Gasteiger partial charge in [0.15, 0.2) is 5.13 Å². The molecule has 1 fully saturated rings. The molecule has 5 nitrogen and oxygen atoms in total. The molecule has 140 valence electrons. The molecule has 8 heteroatoms. The molecule has 2 aromatic carbocycles. The Morgan fingerprint density at radius 3 is 2.41 bits per heavy atom. The van der Waals surface area contributed by atoms with Crippen LogP contribution in [0.25, 0.3) is 10.4 Å². The Balaban J connectivity index is 1.46. The van der Waals surface area contributed by atoms with E-state index >= 15 is 0 Å². The first kappa shape index (κ1) is 18.1. The van der Waals surface area contributed by atoms with E-state index in [0.717, 1.165) is 21.6 Å². The molecule has 1 aliphatic heterocycles. The number of halogens is 1. The Hall–Kier alpha value is -2.29. The summed E-state index contributed by atoms with van der Waals surface area (Å²) in [5.41, 5.74) is 1.12. The van der Waals surface area contributed by atoms with Crippen LogP contribution in [0.1, 0.15) is 0 Å². The lowest BCUT2D eigenvalue weighted by atomic mass is 10.2. The van der Waals surface area contributed by atoms with Crippen molar-refractivity contribution in [1.82, 2.24) is 9.29 Å². The third-order valence-electron chi connectivity index (χ3n) is 4.49. The van der Waals surface area contributed by atoms with E-state index in [1.54, 1.807) is 11.3 Å². The Bertz CT molecular complexity index is 1030. The molecular formula is C19H18FN3O2S2. The predicted molar refractivity (Wildman–Crippen MR) is 105 cm³/mol. The van der Waals surface area contributed by atoms with Crippen LogP contribution in [0.5, 0.6) is 0 Å². The van der Waals surface area contributed by atoms with Crippen LogP contribution in [0.2, 0.25) is 0 Å². The SMILES string of the molecule is O=S(=O)(c1cccc(F)c1)N1CCN(c2ncc(-c3ccccc3)s2)CC1. The third-order valence-corrected chi connectivity index (χ3v) is 7.50. The predicted octanol–water partition coefficient (Wildman–Crippen LogP) is 3.46. The average Bonchev–Trinajstić information content (AvgIpc) is 3.19. The van der Waals surface area contributed by atoms with Gasteiger partial charge >= 0.3 is 0 Å². The lowest BCUT2D eigenvalue weighted by Gasteiger charge is -2.33. The van der Waals surface area contributed by atoms with Gasteiger partial charge in [-0.05, 0) is 23.8 Å². The summed E-state index contributed by atoms with van der Waals surface area (Å²) in [7, 11) is -3.68. The van der Waals surface area contributed by atoms with E-state index in [1.807, 2.05) is 36.5 Å². The number of hydrogen-bond donors (Lipinski definition) is 0. The number of hydrogen-bond acceptors (Lipinski definition) is 5. The average molecular weight is 404 g/mol. The molecule has 4 rings (SSSR count). The summed E-state index contributed by atoms with van der Waals surface area (Å²) >= 11 is 1.60. The van der Waals surface area contributed by atoms with Crippen LogP contribution in [-0.2, 0) is 10.0 Å². The molecule has 0 spiro atoms. The number of aromatic nitrogens is 1. The number of nitrogens with zero attached hydrogens (tertiary/aromatic N) is 3. The Kier molecular flexibility index (Phi) is 4.94. The van der Waals surface area contributed by atoms with Crippen molar-refractivity contribution in [3.05, 3.63) is 66.6 Å². The molecule has 3 aromatic rings. The van der Waals surface area contributed by atoms with Gasteiger partial charge in [0.25, 0.3) is 0 Å². The van der Waals surface area contributed by atoms with Gasteiger partial charge < -0.3 is 4.90 Å². The van der Waals surface area contributed by atoms with Gasteiger partial charge in [-0.15, -0.1) is 0 Å². The number of benzene rings is 2. The summed E-state index contributed by atoms with van der Waals surface area (Å²) in [6, 6.07) is 15.2. The molecule has 0 radical (unpaired) electrons. The fourth-order valence-electron chi connectivity index (χ4n) is 3.04. The van der Waals surface area contributed by atoms with Crippen LogP contribution >= 0.6 is 11.3 Å². The van der Waals surface area contributed by atoms with E-state index in [1.165, 1.54) is 22.5 Å². The van der Waals surface area contributed by atoms with Crippen LogP contribution in [0.3, 0.4) is 0 Å². The molecule has 0 atom stereocenters. The number of thiazole rings is 1. The molecule has 0 amide bonds. The zero-order chi connectivity index (χ0) is 18.9. The largest absolute Gasteiger partial charge is 0.345 e. The van der Waals surface area contributed by atoms with Gasteiger partial charge in [0.2, 0.25) is 10.0 Å². The highest BCUT2D eigenvalue weighted by atomic mass is 32.2. The number of sulfonamides is 1. The maximum Gasteiger partial charge on any atom is 0.243 e. The Morgan fingerprint density at radius 2 is 1.70 bits per heavy atom. The molecule has 0 bridgehead atoms. The minimum absolute atomic E-state index is 0.00318. The third kappa shape index (κ3) is 3.73. The molecule has 0 aliphatic carbocycles. The van der Waals surface area contributed by atoms with E-state index in [9.17, 15) is 12.8 Å². The van der Waals surface area contributed by atoms with Crippen molar-refractivity contribution in [3.8, 4) is 10.4 Å². The summed E-state index contributed by atoms with van der Waals surface area (Å²) in [5, 5.41) is 0.886. The normalized spacial score (nSPS) is 15.8. The van der Waals surface area contributed by atoms with E-state index in [0.29, 0.717) is 26.2 Å². The van der Waals surface area contributed by atoms with Crippen LogP contribution in [0, 0.1) is 5.82 Å². The highest BCUT2D eigenvalue weighted by Crippen LogP contribution is 2.31. The molecule has 0 saturated carbocycles. The minimum atomic E-state index is -3.68. The lowest BCUT2D eigenvalue weighted by molar-refractivity contribution is 0.384. The zero-order valence-electron chi connectivity index (χ0n) is 14.5. The fourth-order valence-corrected chi connectivity index (χ4v) is 5.47. The highest BCUT2D eigenvalue weighted by molar-refractivity contribution is 7.89. The first-order valence-electron chi connectivity index (χ1n) is 8.56. The molecule has 0 unspecified atom stereocenters. The number of rotatable bonds is 4. The molecule has 0 N–H and O–H groups in total. The summed E-state index contributed by atoms with van der Waals surface area (Å²) in [6.45, 7) is 1.80. The molecular weight excluding hydrogens is 385 g/mol. The monoisotopic (exact) mass is 403 g/mol. The van der Waals surface area contributed by atoms with E-state index in [2.05, 4.69) is 9.88 Å². The first-order valence-corrected chi connectivity index (χ1v) is 10.8. The van der Waals surface area contributed by atoms with Gasteiger partial charge in [0.05, 0.1) is 9.77 Å². The second kappa shape index (κ2) is 7.38. The summed E-state index contributed by atoms with van der Waals surface area (Å²) in [5.74, 6) is -0.550. The van der Waals surface area contributed by atoms with Gasteiger partial charge in [-0.3, -0.25) is 0 Å². The van der Waals surface area contributed by atoms with Crippen molar-refractivity contribution in [3.63, 3.8) is 0 Å². The smallest absolute Gasteiger partial charge is 0.243 e. The van der Waals surface area contributed by atoms with Crippen LogP contribution < -0.4 is 4.90 Å². The molecule has 27 heavy (non-hydrogen) atoms. The van der Waals surface area contributed by atoms with Crippen LogP contribution in [-0.4, -0.2) is 43.9 Å². The van der Waals surface area contributed by atoms with E-state index in [-0.39, 0.29) is 4.90 Å². The van der Waals surface area contributed by atoms with E-state index in [4.69, 9.17) is 0 Å². The van der Waals surface area contributed by atoms with Crippen molar-refractivity contribution in [1.29, 1.82) is 0 Å². The van der Waals surface area contributed by atoms with Crippen molar-refractivity contribution in [2.75, 3.05) is 31.1 Å². The Morgan fingerprint density at radius 1 is 0.963 bits per heavy atom. The van der Waals surface area contributed by atoms with Crippen molar-refractivity contribution in [2.45, 2.75) is 4.90 Å². The van der Waals surface area contributed by atoms with Gasteiger partial charge in [-0.25, -0.2) is 17.8 Å². The van der Waals surface area contributed by atoms with Crippen molar-refractivity contribution < 1.29 is 12.8 Å². The van der Waals surface area contributed by atoms with Gasteiger partial charge in [0, 0.05) is 32.4 Å². The van der Waals surface area contributed by atoms with Gasteiger partial charge in [0.1, 0.15) is 5.82 Å². The number of anilines is 1. The van der Waals surface area contributed by atoms with Crippen LogP contribution in [0.15, 0.2) is 65.7 Å². The summed E-state index contributed by atoms with van der Waals surface area (Å²) in [6.07, 6.45) is 1.85. The standard InChI is InChI=1S/C19H18FN3O2S2/c20-16-7-4-8-17(13-16)27(24,25)23-11-9-22(10-12-23)19-21-14-18(26-19)15-5-2-1-3-6-15/h1-8,13-14H,9-12H2. The second-order valence-electron chi connectivity index (χ2n) is 6.22. The van der Waals surface area contributed by atoms with Gasteiger partial charge in [-0.2, -0.15) is 4.31 Å². The second-order valence-corrected chi connectivity index (χ2v) is 9.17. The highest BCUT2D eigenvalue weighted by Gasteiger charge is 2.29. The number of piperazine rings is 1. The van der Waals surface area contributed by atoms with Gasteiger partial charge in [-0.1, -0.05) is 47.7 Å². The summed E-state index contributed by atoms with van der Waals surface area (Å²) in [4.78, 5) is 7.67. The topological polar surface area (TPSA) is 53.5 Å². The lowest BCUT2D eigenvalue weighted by Crippen LogP contribution is -2.48. The molecule has 2 heterocycles. The quantitative estimate of drug-likeness (QED) is 0.670. The first-order chi connectivity index (χ1) is 13.0. The molecule has 1 saturated heterocycles. The van der Waals surface area contributed by atoms with E-state index < -0.39 is 15.8 Å². The van der Waals surface area contributed by atoms with Crippen molar-refractivity contribution >= 4 is 26.5 Å². The minimum Gasteiger partial charge on any atom is -0.345 e. The Labute approximate surface area is 161 Å². The maximum atomic E-state index is 13.4. The molecule has 1 aliphatic rings. The summed E-state index contributed by atoms with van der Waals surface area (Å²) < 4.78 is 40.2. The fraction of sp³-hybridized carbons (Fsp3) is 0.211. The molecule has 1 aromatic heterocycles. The maximum absolute atomic E-state index is 13.4. The zero-order valence-corrected chi connectivity index (χ0v) is 16.1. The van der Waals surface area contributed by atoms with Crippen molar-refractivity contribution in [2.24, 2.45) is 0 Å². The van der Waals surface area contributed by atoms with Crippen LogP contribution in [0.4, 0.5) is 9.52 Å².